The number of nitrogens with two attached hydrogens (primary N) is 1. The van der Waals surface area contributed by atoms with E-state index in [2.05, 4.69) is 5.32 Å². The van der Waals surface area contributed by atoms with Gasteiger partial charge in [-0.1, -0.05) is 11.3 Å². The number of carbonyl (C=O) groups excluding carboxylic acids is 1. The average molecular weight is 396 g/mol. The third-order valence-corrected chi connectivity index (χ3v) is 5.58. The maximum absolute atomic E-state index is 12.5. The third-order valence-electron chi connectivity index (χ3n) is 4.19. The number of thiazole rings is 1. The van der Waals surface area contributed by atoms with E-state index in [4.69, 9.17) is 32.2 Å². The van der Waals surface area contributed by atoms with Crippen molar-refractivity contribution in [3.05, 3.63) is 27.0 Å². The summed E-state index contributed by atoms with van der Waals surface area (Å²) in [5.41, 5.74) is 6.88. The summed E-state index contributed by atoms with van der Waals surface area (Å²) in [4.78, 5) is 12.9. The Kier molecular flexibility index (Phi) is 5.80. The lowest BCUT2D eigenvalue weighted by Crippen LogP contribution is -2.31. The van der Waals surface area contributed by atoms with E-state index >= 15 is 0 Å². The molecule has 3 N–H and O–H groups in total. The van der Waals surface area contributed by atoms with Crippen LogP contribution in [0.3, 0.4) is 0 Å². The van der Waals surface area contributed by atoms with Crippen LogP contribution in [0.4, 0.5) is 5.82 Å². The first kappa shape index (κ1) is 18.7. The molecule has 2 heterocycles. The number of nitrogen functional groups attached to an aromatic ring is 1. The van der Waals surface area contributed by atoms with Gasteiger partial charge in [0.1, 0.15) is 22.2 Å². The lowest BCUT2D eigenvalue weighted by Gasteiger charge is -2.13. The van der Waals surface area contributed by atoms with Gasteiger partial charge < -0.3 is 25.3 Å². The van der Waals surface area contributed by atoms with Crippen molar-refractivity contribution < 1.29 is 19.0 Å². The van der Waals surface area contributed by atoms with Crippen LogP contribution in [0.15, 0.2) is 18.2 Å². The van der Waals surface area contributed by atoms with Crippen LogP contribution in [-0.2, 0) is 4.74 Å². The van der Waals surface area contributed by atoms with Gasteiger partial charge in [-0.15, -0.1) is 0 Å². The molecule has 1 aliphatic rings. The SMILES string of the molecule is COc1ccc(OC)c(-n2c(N)c(C(=O)NC[C@H]3CCCO3)sc2=S)c1. The number of nitrogens with zero attached hydrogens (tertiary/aromatic N) is 1. The number of anilines is 1. The highest BCUT2D eigenvalue weighted by atomic mass is 32.1. The maximum Gasteiger partial charge on any atom is 0.265 e. The normalized spacial score (nSPS) is 16.5. The number of carbonyl (C=O) groups is 1. The molecule has 3 rings (SSSR count). The fourth-order valence-electron chi connectivity index (χ4n) is 2.84. The molecule has 26 heavy (non-hydrogen) atoms. The minimum Gasteiger partial charge on any atom is -0.497 e. The van der Waals surface area contributed by atoms with Gasteiger partial charge in [-0.05, 0) is 37.2 Å². The van der Waals surface area contributed by atoms with Gasteiger partial charge in [0.05, 0.1) is 26.0 Å². The lowest BCUT2D eigenvalue weighted by molar-refractivity contribution is 0.0861. The molecule has 1 atom stereocenters. The molecule has 0 spiro atoms. The zero-order chi connectivity index (χ0) is 18.7. The third kappa shape index (κ3) is 3.69. The number of nitrogens with one attached hydrogen (secondary N) is 1. The van der Waals surface area contributed by atoms with E-state index in [1.165, 1.54) is 0 Å². The Morgan fingerprint density at radius 3 is 2.92 bits per heavy atom. The van der Waals surface area contributed by atoms with E-state index in [1.807, 2.05) is 0 Å². The van der Waals surface area contributed by atoms with Crippen LogP contribution in [0, 0.1) is 3.95 Å². The largest absolute Gasteiger partial charge is 0.497 e. The summed E-state index contributed by atoms with van der Waals surface area (Å²) in [5.74, 6) is 1.24. The van der Waals surface area contributed by atoms with Crippen molar-refractivity contribution in [3.8, 4) is 17.2 Å². The van der Waals surface area contributed by atoms with Gasteiger partial charge in [-0.25, -0.2) is 0 Å². The molecule has 0 bridgehead atoms. The van der Waals surface area contributed by atoms with Gasteiger partial charge in [-0.2, -0.15) is 0 Å². The molecule has 0 saturated carbocycles. The van der Waals surface area contributed by atoms with Crippen LogP contribution in [0.5, 0.6) is 11.5 Å². The molecule has 7 nitrogen and oxygen atoms in total. The second kappa shape index (κ2) is 8.07. The van der Waals surface area contributed by atoms with Crippen molar-refractivity contribution >= 4 is 35.3 Å². The van der Waals surface area contributed by atoms with Gasteiger partial charge in [-0.3, -0.25) is 9.36 Å². The second-order valence-electron chi connectivity index (χ2n) is 5.80. The van der Waals surface area contributed by atoms with Gasteiger partial charge in [0, 0.05) is 19.2 Å². The summed E-state index contributed by atoms with van der Waals surface area (Å²) < 4.78 is 18.3. The molecule has 9 heteroatoms. The molecule has 2 aromatic rings. The predicted octanol–water partition coefficient (Wildman–Crippen LogP) is 2.78. The van der Waals surface area contributed by atoms with Crippen LogP contribution in [0.25, 0.3) is 5.69 Å². The Morgan fingerprint density at radius 2 is 2.27 bits per heavy atom. The molecule has 1 amide bonds. The Balaban J connectivity index is 1.90. The summed E-state index contributed by atoms with van der Waals surface area (Å²) in [6.45, 7) is 1.21. The Morgan fingerprint density at radius 1 is 1.46 bits per heavy atom. The highest BCUT2D eigenvalue weighted by molar-refractivity contribution is 7.73. The molecular formula is C17H21N3O4S2. The van der Waals surface area contributed by atoms with Gasteiger partial charge >= 0.3 is 0 Å². The molecule has 1 aromatic heterocycles. The van der Waals surface area contributed by atoms with E-state index in [0.29, 0.717) is 32.6 Å². The highest BCUT2D eigenvalue weighted by Crippen LogP contribution is 2.33. The number of benzene rings is 1. The van der Waals surface area contributed by atoms with E-state index in [0.717, 1.165) is 30.8 Å². The summed E-state index contributed by atoms with van der Waals surface area (Å²) in [6.07, 6.45) is 2.04. The maximum atomic E-state index is 12.5. The second-order valence-corrected chi connectivity index (χ2v) is 7.44. The van der Waals surface area contributed by atoms with Gasteiger partial charge in [0.25, 0.3) is 5.91 Å². The van der Waals surface area contributed by atoms with Crippen LogP contribution in [0.2, 0.25) is 0 Å². The zero-order valence-corrected chi connectivity index (χ0v) is 16.2. The standard InChI is InChI=1S/C17H21N3O4S2/c1-22-10-5-6-13(23-2)12(8-10)20-15(18)14(26-17(20)25)16(21)19-9-11-4-3-7-24-11/h5-6,8,11H,3-4,7,9,18H2,1-2H3,(H,19,21)/t11-/m1/s1. The first-order valence-corrected chi connectivity index (χ1v) is 9.41. The van der Waals surface area contributed by atoms with Crippen molar-refractivity contribution in [2.24, 2.45) is 0 Å². The zero-order valence-electron chi connectivity index (χ0n) is 14.6. The van der Waals surface area contributed by atoms with Crippen molar-refractivity contribution in [1.82, 2.24) is 9.88 Å². The number of aromatic nitrogens is 1. The van der Waals surface area contributed by atoms with Crippen LogP contribution < -0.4 is 20.5 Å². The molecule has 0 radical (unpaired) electrons. The smallest absolute Gasteiger partial charge is 0.265 e. The summed E-state index contributed by atoms with van der Waals surface area (Å²) in [5, 5.41) is 2.88. The van der Waals surface area contributed by atoms with E-state index < -0.39 is 0 Å². The monoisotopic (exact) mass is 395 g/mol. The topological polar surface area (TPSA) is 87.7 Å². The number of amides is 1. The van der Waals surface area contributed by atoms with E-state index in [-0.39, 0.29) is 17.8 Å². The van der Waals surface area contributed by atoms with Crippen molar-refractivity contribution in [2.75, 3.05) is 33.1 Å². The van der Waals surface area contributed by atoms with E-state index in [1.54, 1.807) is 37.0 Å². The fourth-order valence-corrected chi connectivity index (χ4v) is 4.11. The summed E-state index contributed by atoms with van der Waals surface area (Å²) >= 11 is 6.60. The van der Waals surface area contributed by atoms with Crippen LogP contribution in [0.1, 0.15) is 22.5 Å². The first-order valence-electron chi connectivity index (χ1n) is 8.18. The Hall–Kier alpha value is -2.10. The Bertz CT molecular complexity index is 856. The molecule has 1 saturated heterocycles. The number of hydrogen-bond donors (Lipinski definition) is 2. The minimum absolute atomic E-state index is 0.0636. The van der Waals surface area contributed by atoms with Gasteiger partial charge in [0.15, 0.2) is 3.95 Å². The molecule has 1 aromatic carbocycles. The fraction of sp³-hybridized carbons (Fsp3) is 0.412. The van der Waals surface area contributed by atoms with Crippen LogP contribution >= 0.6 is 23.6 Å². The number of hydrogen-bond acceptors (Lipinski definition) is 7. The average Bonchev–Trinajstić information content (AvgIpc) is 3.27. The van der Waals surface area contributed by atoms with E-state index in [9.17, 15) is 4.79 Å². The van der Waals surface area contributed by atoms with Crippen molar-refractivity contribution in [1.29, 1.82) is 0 Å². The van der Waals surface area contributed by atoms with Crippen molar-refractivity contribution in [2.45, 2.75) is 18.9 Å². The summed E-state index contributed by atoms with van der Waals surface area (Å²) in [6, 6.07) is 5.32. The molecule has 0 aliphatic carbocycles. The Labute approximate surface area is 160 Å². The molecule has 140 valence electrons. The minimum atomic E-state index is -0.255. The highest BCUT2D eigenvalue weighted by Gasteiger charge is 2.22. The predicted molar refractivity (Wildman–Crippen MR) is 103 cm³/mol. The first-order chi connectivity index (χ1) is 12.5. The number of methoxy groups -OCH3 is 2. The molecule has 1 aliphatic heterocycles. The summed E-state index contributed by atoms with van der Waals surface area (Å²) in [7, 11) is 3.14. The molecule has 0 unspecified atom stereocenters. The number of ether oxygens (including phenoxy) is 3. The quantitative estimate of drug-likeness (QED) is 0.732. The van der Waals surface area contributed by atoms with Gasteiger partial charge in [0.2, 0.25) is 0 Å². The van der Waals surface area contributed by atoms with Crippen molar-refractivity contribution in [3.63, 3.8) is 0 Å². The molecule has 1 fully saturated rings. The lowest BCUT2D eigenvalue weighted by atomic mass is 10.2. The number of rotatable bonds is 6. The molecular weight excluding hydrogens is 374 g/mol. The van der Waals surface area contributed by atoms with Crippen LogP contribution in [-0.4, -0.2) is 43.9 Å².